The molecule has 0 spiro atoms. The highest BCUT2D eigenvalue weighted by Gasteiger charge is 2.23. The van der Waals surface area contributed by atoms with Gasteiger partial charge in [0.05, 0.1) is 6.61 Å². The van der Waals surface area contributed by atoms with Gasteiger partial charge in [-0.05, 0) is 45.9 Å². The first-order chi connectivity index (χ1) is 15.7. The second-order valence-electron chi connectivity index (χ2n) is 7.15. The lowest BCUT2D eigenvalue weighted by atomic mass is 10.2. The topological polar surface area (TPSA) is 150 Å². The molecule has 0 bridgehead atoms. The molecule has 11 nitrogen and oxygen atoms in total. The van der Waals surface area contributed by atoms with Gasteiger partial charge in [0.1, 0.15) is 10.8 Å². The van der Waals surface area contributed by atoms with Crippen LogP contribution in [0.25, 0.3) is 0 Å². The molecule has 3 rings (SSSR count). The predicted molar refractivity (Wildman–Crippen MR) is 127 cm³/mol. The maximum absolute atomic E-state index is 12.7. The zero-order chi connectivity index (χ0) is 24.0. The maximum atomic E-state index is 12.7. The fourth-order valence-corrected chi connectivity index (χ4v) is 5.10. The first kappa shape index (κ1) is 24.5. The van der Waals surface area contributed by atoms with E-state index in [-0.39, 0.29) is 18.0 Å². The summed E-state index contributed by atoms with van der Waals surface area (Å²) in [7, 11) is -2.12. The van der Waals surface area contributed by atoms with E-state index in [1.54, 1.807) is 18.4 Å². The number of anilines is 2. The smallest absolute Gasteiger partial charge is 0.409 e. The van der Waals surface area contributed by atoms with E-state index < -0.39 is 33.8 Å². The van der Waals surface area contributed by atoms with Crippen molar-refractivity contribution >= 4 is 55.6 Å². The Labute approximate surface area is 195 Å². The molecule has 4 amide bonds. The summed E-state index contributed by atoms with van der Waals surface area (Å²) in [5.74, 6) is 4.06. The summed E-state index contributed by atoms with van der Waals surface area (Å²) >= 11 is 1.17. The molecular weight excluding hydrogens is 470 g/mol. The van der Waals surface area contributed by atoms with Crippen molar-refractivity contribution in [2.75, 3.05) is 41.8 Å². The molecule has 2 aromatic rings. The third-order valence-electron chi connectivity index (χ3n) is 4.76. The van der Waals surface area contributed by atoms with Crippen molar-refractivity contribution in [3.05, 3.63) is 40.9 Å². The Balaban J connectivity index is 1.63. The number of aliphatic hydroxyl groups is 1. The molecule has 2 aromatic heterocycles. The maximum Gasteiger partial charge on any atom is 0.409 e. The van der Waals surface area contributed by atoms with Crippen molar-refractivity contribution in [1.82, 2.24) is 15.2 Å². The van der Waals surface area contributed by atoms with Crippen molar-refractivity contribution in [2.24, 2.45) is 0 Å². The lowest BCUT2D eigenvalue weighted by molar-refractivity contribution is 0.102. The summed E-state index contributed by atoms with van der Waals surface area (Å²) in [5, 5.41) is 19.8. The number of aromatic nitrogens is 1. The molecule has 33 heavy (non-hydrogen) atoms. The van der Waals surface area contributed by atoms with Crippen LogP contribution in [0.2, 0.25) is 0 Å². The highest BCUT2D eigenvalue weighted by atomic mass is 32.2. The number of ether oxygens (including phenoxy) is 1. The normalized spacial score (nSPS) is 15.9. The number of hydrogen-bond acceptors (Lipinski definition) is 8. The number of carbonyl (C=O) groups excluding carboxylic acids is 3. The number of amides is 4. The minimum atomic E-state index is -2.12. The Bertz CT molecular complexity index is 1120. The van der Waals surface area contributed by atoms with Gasteiger partial charge in [-0.1, -0.05) is 0 Å². The van der Waals surface area contributed by atoms with E-state index in [9.17, 15) is 23.7 Å². The highest BCUT2D eigenvalue weighted by Crippen LogP contribution is 2.28. The van der Waals surface area contributed by atoms with Gasteiger partial charge in [0.15, 0.2) is 6.23 Å². The molecule has 0 saturated carbocycles. The zero-order valence-corrected chi connectivity index (χ0v) is 19.5. The van der Waals surface area contributed by atoms with E-state index >= 15 is 0 Å². The number of pyridine rings is 1. The molecule has 178 valence electrons. The standard InChI is InChI=1S/C20H25N5O6S2/c1-3-31-20(29)24-17(27)14-5-9-32-18(14)23-16(26)13-4-6-21-15(12-13)22-19(28)25-7-10-33(2,30)11-8-25/h4-6,9,12,17,27H,2-3,7-8,10-11H2,1H3,(H,23,26)(H,24,29)(H,21,22,28). The van der Waals surface area contributed by atoms with Gasteiger partial charge in [-0.25, -0.2) is 14.6 Å². The summed E-state index contributed by atoms with van der Waals surface area (Å²) in [5.41, 5.74) is 0.531. The van der Waals surface area contributed by atoms with E-state index in [0.717, 1.165) is 0 Å². The number of alkyl carbamates (subject to hydrolysis) is 1. The van der Waals surface area contributed by atoms with Crippen molar-refractivity contribution < 1.29 is 28.4 Å². The SMILES string of the molecule is C=S1(=O)CCN(C(=O)Nc2cc(C(=O)Nc3sccc3C(O)NC(=O)OCC)ccn2)CC1. The van der Waals surface area contributed by atoms with Gasteiger partial charge < -0.3 is 20.1 Å². The van der Waals surface area contributed by atoms with E-state index in [1.165, 1.54) is 34.6 Å². The Kier molecular flexibility index (Phi) is 7.89. The predicted octanol–water partition coefficient (Wildman–Crippen LogP) is 1.70. The zero-order valence-electron chi connectivity index (χ0n) is 17.9. The summed E-state index contributed by atoms with van der Waals surface area (Å²) in [6.45, 7) is 2.46. The number of thiophene rings is 1. The van der Waals surface area contributed by atoms with E-state index in [4.69, 9.17) is 4.74 Å². The average molecular weight is 496 g/mol. The molecule has 0 aliphatic carbocycles. The van der Waals surface area contributed by atoms with Crippen molar-refractivity contribution in [3.63, 3.8) is 0 Å². The molecule has 0 aromatic carbocycles. The lowest BCUT2D eigenvalue weighted by Gasteiger charge is -2.28. The summed E-state index contributed by atoms with van der Waals surface area (Å²) in [6, 6.07) is 4.06. The summed E-state index contributed by atoms with van der Waals surface area (Å²) in [4.78, 5) is 42.3. The van der Waals surface area contributed by atoms with Gasteiger partial charge >= 0.3 is 12.1 Å². The number of aliphatic hydroxyl groups excluding tert-OH is 1. The molecule has 1 aliphatic rings. The number of nitrogens with zero attached hydrogens (tertiary/aromatic N) is 2. The van der Waals surface area contributed by atoms with Crippen LogP contribution in [0, 0.1) is 0 Å². The van der Waals surface area contributed by atoms with Gasteiger partial charge in [0, 0.05) is 41.9 Å². The number of urea groups is 1. The van der Waals surface area contributed by atoms with Crippen LogP contribution in [0.4, 0.5) is 20.4 Å². The molecule has 1 unspecified atom stereocenters. The average Bonchev–Trinajstić information content (AvgIpc) is 3.22. The molecule has 1 atom stereocenters. The van der Waals surface area contributed by atoms with Gasteiger partial charge in [-0.3, -0.25) is 19.6 Å². The van der Waals surface area contributed by atoms with Crippen LogP contribution in [0.15, 0.2) is 29.8 Å². The first-order valence-corrected chi connectivity index (χ1v) is 13.0. The Morgan fingerprint density at radius 3 is 2.73 bits per heavy atom. The Morgan fingerprint density at radius 2 is 2.03 bits per heavy atom. The fraction of sp³-hybridized carbons (Fsp3) is 0.350. The van der Waals surface area contributed by atoms with Crippen LogP contribution < -0.4 is 16.0 Å². The van der Waals surface area contributed by atoms with Crippen molar-refractivity contribution in [3.8, 4) is 0 Å². The third kappa shape index (κ3) is 6.66. The number of carbonyl (C=O) groups is 3. The second-order valence-corrected chi connectivity index (χ2v) is 10.8. The largest absolute Gasteiger partial charge is 0.450 e. The summed E-state index contributed by atoms with van der Waals surface area (Å²) in [6.07, 6.45) is -0.764. The van der Waals surface area contributed by atoms with Crippen LogP contribution in [0.5, 0.6) is 0 Å². The van der Waals surface area contributed by atoms with Gasteiger partial charge in [-0.2, -0.15) is 0 Å². The van der Waals surface area contributed by atoms with Crippen LogP contribution in [0.3, 0.4) is 0 Å². The van der Waals surface area contributed by atoms with Crippen molar-refractivity contribution in [1.29, 1.82) is 0 Å². The number of hydrogen-bond donors (Lipinski definition) is 4. The quantitative estimate of drug-likeness (QED) is 0.352. The Hall–Kier alpha value is -3.16. The van der Waals surface area contributed by atoms with Gasteiger partial charge in [-0.15, -0.1) is 11.3 Å². The Morgan fingerprint density at radius 1 is 1.30 bits per heavy atom. The minimum Gasteiger partial charge on any atom is -0.450 e. The molecule has 0 radical (unpaired) electrons. The van der Waals surface area contributed by atoms with Crippen LogP contribution in [-0.4, -0.2) is 74.3 Å². The van der Waals surface area contributed by atoms with Gasteiger partial charge in [0.2, 0.25) is 0 Å². The monoisotopic (exact) mass is 495 g/mol. The second kappa shape index (κ2) is 10.6. The molecule has 3 heterocycles. The third-order valence-corrected chi connectivity index (χ3v) is 7.46. The molecule has 13 heteroatoms. The molecule has 1 aliphatic heterocycles. The summed E-state index contributed by atoms with van der Waals surface area (Å²) < 4.78 is 16.7. The fourth-order valence-electron chi connectivity index (χ4n) is 2.97. The van der Waals surface area contributed by atoms with Crippen LogP contribution in [-0.2, 0) is 14.3 Å². The molecular formula is C20H25N5O6S2. The highest BCUT2D eigenvalue weighted by molar-refractivity contribution is 8.00. The number of rotatable bonds is 6. The molecule has 1 fully saturated rings. The molecule has 1 saturated heterocycles. The minimum absolute atomic E-state index is 0.153. The lowest BCUT2D eigenvalue weighted by Crippen LogP contribution is -2.45. The first-order valence-electron chi connectivity index (χ1n) is 10.0. The van der Waals surface area contributed by atoms with Crippen molar-refractivity contribution in [2.45, 2.75) is 13.2 Å². The van der Waals surface area contributed by atoms with E-state index in [0.29, 0.717) is 35.2 Å². The van der Waals surface area contributed by atoms with E-state index in [2.05, 4.69) is 26.8 Å². The van der Waals surface area contributed by atoms with Crippen LogP contribution >= 0.6 is 11.3 Å². The van der Waals surface area contributed by atoms with E-state index in [1.807, 2.05) is 0 Å². The van der Waals surface area contributed by atoms with Crippen LogP contribution in [0.1, 0.15) is 29.1 Å². The molecule has 4 N–H and O–H groups in total. The number of nitrogens with one attached hydrogen (secondary N) is 3. The van der Waals surface area contributed by atoms with Gasteiger partial charge in [0.25, 0.3) is 5.91 Å².